The summed E-state index contributed by atoms with van der Waals surface area (Å²) in [5, 5.41) is -0.589. The molecule has 4 aromatic carbocycles. The van der Waals surface area contributed by atoms with Crippen LogP contribution in [-0.2, 0) is 10.1 Å². The lowest BCUT2D eigenvalue weighted by molar-refractivity contribution is -0.0499. The van der Waals surface area contributed by atoms with Gasteiger partial charge in [-0.1, -0.05) is 66.6 Å². The second-order valence-electron chi connectivity index (χ2n) is 5.64. The summed E-state index contributed by atoms with van der Waals surface area (Å²) in [4.78, 5) is 0. The van der Waals surface area contributed by atoms with Crippen LogP contribution in [0.3, 0.4) is 0 Å². The van der Waals surface area contributed by atoms with E-state index < -0.39 is 63.7 Å². The molecule has 0 bridgehead atoms. The van der Waals surface area contributed by atoms with Gasteiger partial charge in [-0.05, 0) is 39.4 Å². The Hall–Kier alpha value is -3.06. The van der Waals surface area contributed by atoms with Crippen molar-refractivity contribution in [1.82, 2.24) is 0 Å². The summed E-state index contributed by atoms with van der Waals surface area (Å²) in [5.41, 5.74) is -5.82. The van der Waals surface area contributed by atoms with Gasteiger partial charge in [-0.25, -0.2) is 0 Å². The second-order valence-corrected chi connectivity index (χ2v) is 7.18. The third kappa shape index (κ3) is 3.18. The van der Waals surface area contributed by atoms with Crippen molar-refractivity contribution >= 4 is 31.7 Å². The van der Waals surface area contributed by atoms with Crippen LogP contribution < -0.4 is 4.18 Å². The molecule has 0 aliphatic rings. The molecule has 0 aromatic heterocycles. The highest BCUT2D eigenvalue weighted by atomic mass is 32.2. The summed E-state index contributed by atoms with van der Waals surface area (Å²) < 4.78 is 123. The molecule has 0 saturated heterocycles. The predicted octanol–water partition coefficient (Wildman–Crippen LogP) is 5.89. The first kappa shape index (κ1) is 11.7. The molecule has 0 aliphatic carbocycles. The number of alkyl halides is 3. The highest BCUT2D eigenvalue weighted by Crippen LogP contribution is 2.36. The molecule has 0 heterocycles. The summed E-state index contributed by atoms with van der Waals surface area (Å²) >= 11 is 0. The molecule has 0 aliphatic heterocycles. The average molecular weight is 409 g/mol. The Morgan fingerprint density at radius 1 is 0.857 bits per heavy atom. The van der Waals surface area contributed by atoms with Crippen molar-refractivity contribution in [2.75, 3.05) is 0 Å². The zero-order valence-corrected chi connectivity index (χ0v) is 14.5. The molecule has 0 amide bonds. The number of hydrogen-bond acceptors (Lipinski definition) is 3. The fraction of sp³-hybridized carbons (Fsp3) is 0.0476. The topological polar surface area (TPSA) is 43.4 Å². The van der Waals surface area contributed by atoms with Gasteiger partial charge in [0, 0.05) is 5.39 Å². The van der Waals surface area contributed by atoms with Crippen LogP contribution in [0.15, 0.2) is 78.7 Å². The van der Waals surface area contributed by atoms with E-state index >= 15 is 0 Å². The predicted molar refractivity (Wildman–Crippen MR) is 102 cm³/mol. The standard InChI is InChI=1S/C21H13F3O3S/c22-21(23,24)28(25,26)27-20-10-4-8-18-17(7-3-9-19(18)20)16-12-11-14-5-1-2-6-15(14)13-16/h1-13H/i1D,2D,5D,6D,11D,12D,13D. The van der Waals surface area contributed by atoms with Crippen molar-refractivity contribution in [3.05, 3.63) is 78.7 Å². The minimum absolute atomic E-state index is 0.0650. The second kappa shape index (κ2) is 6.53. The van der Waals surface area contributed by atoms with E-state index in [0.29, 0.717) is 0 Å². The maximum atomic E-state index is 12.8. The van der Waals surface area contributed by atoms with Crippen molar-refractivity contribution in [1.29, 1.82) is 0 Å². The van der Waals surface area contributed by atoms with E-state index in [0.717, 1.165) is 6.07 Å². The van der Waals surface area contributed by atoms with Crippen molar-refractivity contribution in [3.8, 4) is 16.9 Å². The fourth-order valence-corrected chi connectivity index (χ4v) is 3.13. The molecule has 7 heteroatoms. The highest BCUT2D eigenvalue weighted by molar-refractivity contribution is 7.88. The normalized spacial score (nSPS) is 15.9. The molecule has 142 valence electrons. The van der Waals surface area contributed by atoms with Gasteiger partial charge in [0.1, 0.15) is 0 Å². The number of benzene rings is 4. The van der Waals surface area contributed by atoms with Crippen LogP contribution in [0.25, 0.3) is 32.7 Å². The van der Waals surface area contributed by atoms with Crippen molar-refractivity contribution in [2.24, 2.45) is 0 Å². The zero-order valence-electron chi connectivity index (χ0n) is 20.7. The lowest BCUT2D eigenvalue weighted by atomic mass is 9.96. The van der Waals surface area contributed by atoms with Crippen molar-refractivity contribution in [3.63, 3.8) is 0 Å². The van der Waals surface area contributed by atoms with Crippen LogP contribution in [0.2, 0.25) is 0 Å². The monoisotopic (exact) mass is 409 g/mol. The minimum atomic E-state index is -5.98. The molecule has 0 unspecified atom stereocenters. The number of halogens is 3. The van der Waals surface area contributed by atoms with Gasteiger partial charge in [0.15, 0.2) is 5.75 Å². The van der Waals surface area contributed by atoms with Gasteiger partial charge < -0.3 is 4.18 Å². The maximum Gasteiger partial charge on any atom is 0.534 e. The molecule has 3 nitrogen and oxygen atoms in total. The van der Waals surface area contributed by atoms with Gasteiger partial charge in [-0.15, -0.1) is 0 Å². The third-order valence-corrected chi connectivity index (χ3v) is 4.85. The SMILES string of the molecule is [2H]c1c([2H])c([2H])c2c([2H])c(-c3cccc4c(OS(=O)(=O)C(F)(F)F)cccc34)c([2H])c([2H])c2c1[2H]. The quantitative estimate of drug-likeness (QED) is 0.313. The molecule has 4 rings (SSSR count). The fourth-order valence-electron chi connectivity index (χ4n) is 2.65. The van der Waals surface area contributed by atoms with E-state index in [1.54, 1.807) is 0 Å². The van der Waals surface area contributed by atoms with Crippen molar-refractivity contribution < 1.29 is 35.4 Å². The van der Waals surface area contributed by atoms with Gasteiger partial charge in [0.25, 0.3) is 0 Å². The van der Waals surface area contributed by atoms with E-state index in [9.17, 15) is 21.6 Å². The molecule has 4 aromatic rings. The van der Waals surface area contributed by atoms with Crippen LogP contribution in [0.5, 0.6) is 5.75 Å². The Morgan fingerprint density at radius 3 is 2.29 bits per heavy atom. The lowest BCUT2D eigenvalue weighted by Gasteiger charge is -2.13. The van der Waals surface area contributed by atoms with E-state index in [-0.39, 0.29) is 32.7 Å². The Morgan fingerprint density at radius 2 is 1.54 bits per heavy atom. The summed E-state index contributed by atoms with van der Waals surface area (Å²) in [7, 11) is -5.98. The van der Waals surface area contributed by atoms with E-state index in [2.05, 4.69) is 4.18 Å². The molecule has 0 N–H and O–H groups in total. The summed E-state index contributed by atoms with van der Waals surface area (Å²) in [5.74, 6) is -0.645. The Bertz CT molecular complexity index is 1660. The molecule has 0 radical (unpaired) electrons. The Labute approximate surface area is 168 Å². The third-order valence-electron chi connectivity index (χ3n) is 3.88. The molecular formula is C21H13F3O3S. The Balaban J connectivity index is 2.08. The van der Waals surface area contributed by atoms with Crippen molar-refractivity contribution in [2.45, 2.75) is 5.51 Å². The summed E-state index contributed by atoms with van der Waals surface area (Å²) in [6, 6.07) is 3.60. The van der Waals surface area contributed by atoms with Crippen LogP contribution >= 0.6 is 0 Å². The van der Waals surface area contributed by atoms with Crippen LogP contribution in [0.4, 0.5) is 13.2 Å². The lowest BCUT2D eigenvalue weighted by Crippen LogP contribution is -2.28. The summed E-state index contributed by atoms with van der Waals surface area (Å²) in [6.45, 7) is 0. The highest BCUT2D eigenvalue weighted by Gasteiger charge is 2.48. The summed E-state index contributed by atoms with van der Waals surface area (Å²) in [6.07, 6.45) is 0. The minimum Gasteiger partial charge on any atom is -0.375 e. The zero-order chi connectivity index (χ0) is 26.0. The molecule has 0 atom stereocenters. The average Bonchev–Trinajstić information content (AvgIpc) is 2.78. The number of fused-ring (bicyclic) bond motifs is 2. The smallest absolute Gasteiger partial charge is 0.375 e. The van der Waals surface area contributed by atoms with Gasteiger partial charge >= 0.3 is 15.6 Å². The molecular weight excluding hydrogens is 389 g/mol. The van der Waals surface area contributed by atoms with Crippen LogP contribution in [0.1, 0.15) is 9.60 Å². The largest absolute Gasteiger partial charge is 0.534 e. The molecule has 0 spiro atoms. The van der Waals surface area contributed by atoms with Gasteiger partial charge in [0.2, 0.25) is 0 Å². The maximum absolute atomic E-state index is 12.8. The molecule has 0 saturated carbocycles. The van der Waals surface area contributed by atoms with Crippen LogP contribution in [0, 0.1) is 0 Å². The first-order chi connectivity index (χ1) is 16.2. The number of rotatable bonds is 3. The Kier molecular flexibility index (Phi) is 2.73. The first-order valence-electron chi connectivity index (χ1n) is 11.2. The van der Waals surface area contributed by atoms with E-state index in [1.807, 2.05) is 0 Å². The number of hydrogen-bond donors (Lipinski definition) is 0. The van der Waals surface area contributed by atoms with E-state index in [1.165, 1.54) is 30.3 Å². The van der Waals surface area contributed by atoms with Gasteiger partial charge in [-0.3, -0.25) is 0 Å². The van der Waals surface area contributed by atoms with Crippen LogP contribution in [-0.4, -0.2) is 13.9 Å². The van der Waals surface area contributed by atoms with Gasteiger partial charge in [-0.2, -0.15) is 21.6 Å². The molecule has 28 heavy (non-hydrogen) atoms. The van der Waals surface area contributed by atoms with Gasteiger partial charge in [0.05, 0.1) is 9.60 Å². The molecule has 0 fully saturated rings. The van der Waals surface area contributed by atoms with E-state index in [4.69, 9.17) is 9.60 Å². The first-order valence-corrected chi connectivity index (χ1v) is 9.12.